The highest BCUT2D eigenvalue weighted by atomic mass is 32.2. The van der Waals surface area contributed by atoms with Crippen LogP contribution >= 0.6 is 0 Å². The predicted molar refractivity (Wildman–Crippen MR) is 150 cm³/mol. The van der Waals surface area contributed by atoms with Crippen molar-refractivity contribution in [1.29, 1.82) is 0 Å². The SMILES string of the molecule is CCCCCCCCCOCCOCCOCCC(CCCCCCCCCCCC=O)S(C)=O. The Balaban J connectivity index is 3.39. The maximum atomic E-state index is 12.0. The fraction of sp³-hybridized carbons (Fsp3) is 0.966. The highest BCUT2D eigenvalue weighted by Crippen LogP contribution is 2.15. The second-order valence-electron chi connectivity index (χ2n) is 9.79. The Morgan fingerprint density at radius 2 is 1.03 bits per heavy atom. The number of carbonyl (C=O) groups is 1. The number of aldehydes is 1. The first kappa shape index (κ1) is 34.7. The first-order valence-corrected chi connectivity index (χ1v) is 16.3. The number of hydrogen-bond acceptors (Lipinski definition) is 5. The molecule has 2 atom stereocenters. The molecule has 0 aliphatic carbocycles. The van der Waals surface area contributed by atoms with Crippen LogP contribution in [0.25, 0.3) is 0 Å². The van der Waals surface area contributed by atoms with E-state index in [4.69, 9.17) is 14.2 Å². The number of ether oxygens (including phenoxy) is 3. The van der Waals surface area contributed by atoms with Crippen LogP contribution in [-0.4, -0.2) is 61.6 Å². The number of carbonyl (C=O) groups excluding carboxylic acids is 1. The van der Waals surface area contributed by atoms with Gasteiger partial charge in [-0.25, -0.2) is 0 Å². The standard InChI is InChI=1S/C29H58O5S/c1-3-4-5-6-13-16-19-23-32-25-27-34-28-26-33-24-21-29(35(2)31)20-17-14-11-9-7-8-10-12-15-18-22-30/h22,29H,3-21,23-28H2,1-2H3. The molecule has 0 saturated heterocycles. The zero-order chi connectivity index (χ0) is 25.7. The quantitative estimate of drug-likeness (QED) is 0.0731. The van der Waals surface area contributed by atoms with Crippen molar-refractivity contribution < 1.29 is 23.2 Å². The van der Waals surface area contributed by atoms with Crippen molar-refractivity contribution in [3.05, 3.63) is 0 Å². The number of hydrogen-bond donors (Lipinski definition) is 0. The van der Waals surface area contributed by atoms with Crippen LogP contribution in [0, 0.1) is 0 Å². The van der Waals surface area contributed by atoms with Gasteiger partial charge in [-0.2, -0.15) is 0 Å². The summed E-state index contributed by atoms with van der Waals surface area (Å²) in [6.07, 6.45) is 25.6. The third-order valence-corrected chi connectivity index (χ3v) is 7.95. The van der Waals surface area contributed by atoms with Gasteiger partial charge in [-0.3, -0.25) is 4.21 Å². The third-order valence-electron chi connectivity index (χ3n) is 6.54. The summed E-state index contributed by atoms with van der Waals surface area (Å²) in [6, 6.07) is 0. The Hall–Kier alpha value is -0.300. The third kappa shape index (κ3) is 28.1. The molecular formula is C29H58O5S. The van der Waals surface area contributed by atoms with Crippen LogP contribution in [0.15, 0.2) is 0 Å². The Labute approximate surface area is 220 Å². The summed E-state index contributed by atoms with van der Waals surface area (Å²) >= 11 is 0. The van der Waals surface area contributed by atoms with Gasteiger partial charge in [0.1, 0.15) is 6.29 Å². The van der Waals surface area contributed by atoms with Crippen LogP contribution < -0.4 is 0 Å². The van der Waals surface area contributed by atoms with Gasteiger partial charge in [0.25, 0.3) is 0 Å². The summed E-state index contributed by atoms with van der Waals surface area (Å²) in [4.78, 5) is 10.3. The molecule has 2 unspecified atom stereocenters. The molecule has 35 heavy (non-hydrogen) atoms. The van der Waals surface area contributed by atoms with E-state index in [1.807, 2.05) is 6.26 Å². The van der Waals surface area contributed by atoms with Crippen LogP contribution in [0.2, 0.25) is 0 Å². The largest absolute Gasteiger partial charge is 0.379 e. The summed E-state index contributed by atoms with van der Waals surface area (Å²) in [5.74, 6) is 0. The summed E-state index contributed by atoms with van der Waals surface area (Å²) in [7, 11) is -0.788. The van der Waals surface area contributed by atoms with Crippen LogP contribution in [-0.2, 0) is 29.8 Å². The summed E-state index contributed by atoms with van der Waals surface area (Å²) in [5.41, 5.74) is 0. The van der Waals surface area contributed by atoms with Gasteiger partial charge in [0.15, 0.2) is 0 Å². The van der Waals surface area contributed by atoms with Gasteiger partial charge >= 0.3 is 0 Å². The molecule has 0 amide bonds. The lowest BCUT2D eigenvalue weighted by atomic mass is 10.0. The lowest BCUT2D eigenvalue weighted by Crippen LogP contribution is -2.18. The molecule has 0 rings (SSSR count). The molecule has 5 nitrogen and oxygen atoms in total. The van der Waals surface area contributed by atoms with Gasteiger partial charge in [-0.05, 0) is 25.7 Å². The summed E-state index contributed by atoms with van der Waals surface area (Å²) < 4.78 is 29.0. The van der Waals surface area contributed by atoms with Crippen molar-refractivity contribution in [2.75, 3.05) is 45.9 Å². The minimum Gasteiger partial charge on any atom is -0.379 e. The van der Waals surface area contributed by atoms with Gasteiger partial charge in [0.2, 0.25) is 0 Å². The molecule has 0 aliphatic heterocycles. The van der Waals surface area contributed by atoms with Crippen molar-refractivity contribution in [3.8, 4) is 0 Å². The zero-order valence-electron chi connectivity index (χ0n) is 23.3. The van der Waals surface area contributed by atoms with Gasteiger partial charge in [-0.1, -0.05) is 96.8 Å². The van der Waals surface area contributed by atoms with E-state index in [2.05, 4.69) is 6.92 Å². The topological polar surface area (TPSA) is 61.8 Å². The fourth-order valence-corrected chi connectivity index (χ4v) is 5.16. The molecule has 0 aromatic rings. The van der Waals surface area contributed by atoms with E-state index >= 15 is 0 Å². The van der Waals surface area contributed by atoms with Gasteiger partial charge in [0.05, 0.1) is 26.4 Å². The molecule has 0 saturated carbocycles. The lowest BCUT2D eigenvalue weighted by molar-refractivity contribution is -0.107. The minimum absolute atomic E-state index is 0.244. The second kappa shape index (κ2) is 29.9. The minimum atomic E-state index is -0.788. The molecule has 0 fully saturated rings. The Bertz CT molecular complexity index is 447. The van der Waals surface area contributed by atoms with Crippen molar-refractivity contribution >= 4 is 17.1 Å². The zero-order valence-corrected chi connectivity index (χ0v) is 24.1. The Kier molecular flexibility index (Phi) is 29.7. The maximum absolute atomic E-state index is 12.0. The van der Waals surface area contributed by atoms with Crippen LogP contribution in [0.4, 0.5) is 0 Å². The summed E-state index contributed by atoms with van der Waals surface area (Å²) in [5, 5.41) is 0.244. The highest BCUT2D eigenvalue weighted by molar-refractivity contribution is 7.84. The van der Waals surface area contributed by atoms with E-state index in [9.17, 15) is 9.00 Å². The average Bonchev–Trinajstić information content (AvgIpc) is 2.85. The van der Waals surface area contributed by atoms with Crippen LogP contribution in [0.3, 0.4) is 0 Å². The molecular weight excluding hydrogens is 460 g/mol. The molecule has 0 spiro atoms. The normalized spacial score (nSPS) is 13.2. The molecule has 210 valence electrons. The first-order chi connectivity index (χ1) is 17.2. The predicted octanol–water partition coefficient (Wildman–Crippen LogP) is 7.41. The van der Waals surface area contributed by atoms with Crippen LogP contribution in [0.5, 0.6) is 0 Å². The monoisotopic (exact) mass is 518 g/mol. The number of rotatable bonds is 30. The van der Waals surface area contributed by atoms with Crippen LogP contribution in [0.1, 0.15) is 129 Å². The average molecular weight is 519 g/mol. The van der Waals surface area contributed by atoms with Crippen molar-refractivity contribution in [1.82, 2.24) is 0 Å². The molecule has 0 bridgehead atoms. The molecule has 0 radical (unpaired) electrons. The molecule has 0 heterocycles. The second-order valence-corrected chi connectivity index (χ2v) is 11.5. The Morgan fingerprint density at radius 1 is 0.571 bits per heavy atom. The molecule has 0 aliphatic rings. The molecule has 0 aromatic heterocycles. The van der Waals surface area contributed by atoms with Gasteiger partial charge in [-0.15, -0.1) is 0 Å². The molecule has 6 heteroatoms. The van der Waals surface area contributed by atoms with Gasteiger partial charge in [0, 0.05) is 41.9 Å². The highest BCUT2D eigenvalue weighted by Gasteiger charge is 2.12. The van der Waals surface area contributed by atoms with E-state index in [1.54, 1.807) is 0 Å². The summed E-state index contributed by atoms with van der Waals surface area (Å²) in [6.45, 7) is 6.23. The van der Waals surface area contributed by atoms with E-state index in [1.165, 1.54) is 83.5 Å². The maximum Gasteiger partial charge on any atom is 0.119 e. The van der Waals surface area contributed by atoms with Crippen molar-refractivity contribution in [2.45, 2.75) is 134 Å². The van der Waals surface area contributed by atoms with Crippen molar-refractivity contribution in [2.24, 2.45) is 0 Å². The van der Waals surface area contributed by atoms with E-state index < -0.39 is 10.8 Å². The number of unbranched alkanes of at least 4 members (excludes halogenated alkanes) is 15. The smallest absolute Gasteiger partial charge is 0.119 e. The van der Waals surface area contributed by atoms with E-state index in [0.29, 0.717) is 39.5 Å². The van der Waals surface area contributed by atoms with Crippen molar-refractivity contribution in [3.63, 3.8) is 0 Å². The van der Waals surface area contributed by atoms with E-state index in [0.717, 1.165) is 45.0 Å². The van der Waals surface area contributed by atoms with Gasteiger partial charge < -0.3 is 19.0 Å². The molecule has 0 N–H and O–H groups in total. The first-order valence-electron chi connectivity index (χ1n) is 14.7. The fourth-order valence-electron chi connectivity index (χ4n) is 4.23. The Morgan fingerprint density at radius 3 is 1.57 bits per heavy atom. The molecule has 0 aromatic carbocycles. The van der Waals surface area contributed by atoms with E-state index in [-0.39, 0.29) is 5.25 Å². The lowest BCUT2D eigenvalue weighted by Gasteiger charge is -2.14.